The lowest BCUT2D eigenvalue weighted by Gasteiger charge is -2.36. The van der Waals surface area contributed by atoms with E-state index in [0.29, 0.717) is 30.4 Å². The maximum absolute atomic E-state index is 5.69. The number of hydrogen-bond acceptors (Lipinski definition) is 7. The molecule has 0 amide bonds. The fourth-order valence-corrected chi connectivity index (χ4v) is 3.70. The number of benzene rings is 1. The highest BCUT2D eigenvalue weighted by molar-refractivity contribution is 14.0. The van der Waals surface area contributed by atoms with Crippen LogP contribution in [0.3, 0.4) is 0 Å². The average Bonchev–Trinajstić information content (AvgIpc) is 2.84. The molecule has 2 aromatic rings. The Bertz CT molecular complexity index is 851. The van der Waals surface area contributed by atoms with Crippen LogP contribution in [0.5, 0.6) is 23.0 Å². The molecule has 3 rings (SSSR count). The molecule has 0 bridgehead atoms. The lowest BCUT2D eigenvalue weighted by Crippen LogP contribution is -2.52. The second kappa shape index (κ2) is 13.9. The summed E-state index contributed by atoms with van der Waals surface area (Å²) in [5.74, 6) is 3.64. The second-order valence-corrected chi connectivity index (χ2v) is 7.31. The van der Waals surface area contributed by atoms with Crippen molar-refractivity contribution in [3.63, 3.8) is 0 Å². The Morgan fingerprint density at radius 1 is 1.06 bits per heavy atom. The predicted molar refractivity (Wildman–Crippen MR) is 139 cm³/mol. The van der Waals surface area contributed by atoms with E-state index in [0.717, 1.165) is 50.0 Å². The Hall–Kier alpha value is -2.47. The molecule has 0 spiro atoms. The molecule has 0 aliphatic carbocycles. The topological polar surface area (TPSA) is 80.7 Å². The summed E-state index contributed by atoms with van der Waals surface area (Å²) in [7, 11) is 6.71. The maximum Gasteiger partial charge on any atom is 0.203 e. The molecule has 2 heterocycles. The smallest absolute Gasteiger partial charge is 0.203 e. The van der Waals surface area contributed by atoms with Gasteiger partial charge in [0.15, 0.2) is 17.5 Å². The minimum Gasteiger partial charge on any atom is -0.493 e. The van der Waals surface area contributed by atoms with Gasteiger partial charge in [-0.2, -0.15) is 0 Å². The first kappa shape index (κ1) is 26.8. The average molecular weight is 571 g/mol. The van der Waals surface area contributed by atoms with Crippen LogP contribution in [-0.4, -0.2) is 88.5 Å². The molecule has 33 heavy (non-hydrogen) atoms. The first-order valence-electron chi connectivity index (χ1n) is 10.7. The first-order chi connectivity index (χ1) is 15.7. The van der Waals surface area contributed by atoms with Crippen LogP contribution in [0.15, 0.2) is 41.7 Å². The zero-order chi connectivity index (χ0) is 22.8. The lowest BCUT2D eigenvalue weighted by atomic mass is 10.1. The second-order valence-electron chi connectivity index (χ2n) is 7.31. The van der Waals surface area contributed by atoms with E-state index in [2.05, 4.69) is 25.1 Å². The largest absolute Gasteiger partial charge is 0.493 e. The zero-order valence-electron chi connectivity index (χ0n) is 19.7. The van der Waals surface area contributed by atoms with Crippen molar-refractivity contribution in [3.8, 4) is 23.0 Å². The molecule has 1 aliphatic heterocycles. The van der Waals surface area contributed by atoms with Gasteiger partial charge < -0.3 is 29.2 Å². The van der Waals surface area contributed by atoms with Gasteiger partial charge in [-0.1, -0.05) is 0 Å². The Kier molecular flexibility index (Phi) is 11.3. The van der Waals surface area contributed by atoms with Crippen LogP contribution in [0, 0.1) is 0 Å². The van der Waals surface area contributed by atoms with Crippen LogP contribution in [0.4, 0.5) is 0 Å². The van der Waals surface area contributed by atoms with Crippen molar-refractivity contribution in [2.45, 2.75) is 6.54 Å². The summed E-state index contributed by atoms with van der Waals surface area (Å²) in [5.41, 5.74) is 1.13. The summed E-state index contributed by atoms with van der Waals surface area (Å²) in [5, 5.41) is 3.38. The van der Waals surface area contributed by atoms with E-state index < -0.39 is 0 Å². The quantitative estimate of drug-likeness (QED) is 0.213. The number of ether oxygens (including phenoxy) is 4. The van der Waals surface area contributed by atoms with Gasteiger partial charge in [0, 0.05) is 46.0 Å². The van der Waals surface area contributed by atoms with Gasteiger partial charge in [-0.15, -0.1) is 24.0 Å². The minimum atomic E-state index is 0. The molecule has 1 N–H and O–H groups in total. The minimum absolute atomic E-state index is 0. The molecule has 10 heteroatoms. The third kappa shape index (κ3) is 7.53. The molecule has 182 valence electrons. The van der Waals surface area contributed by atoms with Crippen molar-refractivity contribution in [2.75, 3.05) is 67.7 Å². The Morgan fingerprint density at radius 3 is 2.30 bits per heavy atom. The molecule has 0 radical (unpaired) electrons. The van der Waals surface area contributed by atoms with Gasteiger partial charge in [-0.05, 0) is 29.8 Å². The van der Waals surface area contributed by atoms with E-state index in [1.165, 1.54) is 0 Å². The fraction of sp³-hybridized carbons (Fsp3) is 0.478. The highest BCUT2D eigenvalue weighted by Gasteiger charge is 2.21. The van der Waals surface area contributed by atoms with Gasteiger partial charge in [0.25, 0.3) is 0 Å². The number of pyridine rings is 1. The van der Waals surface area contributed by atoms with Gasteiger partial charge >= 0.3 is 0 Å². The van der Waals surface area contributed by atoms with Crippen molar-refractivity contribution in [2.24, 2.45) is 4.99 Å². The van der Waals surface area contributed by atoms with E-state index in [9.17, 15) is 0 Å². The van der Waals surface area contributed by atoms with Crippen LogP contribution in [0.25, 0.3) is 0 Å². The summed E-state index contributed by atoms with van der Waals surface area (Å²) in [6.45, 7) is 5.70. The molecule has 0 atom stereocenters. The molecule has 9 nitrogen and oxygen atoms in total. The van der Waals surface area contributed by atoms with Gasteiger partial charge in [-0.25, -0.2) is 0 Å². The van der Waals surface area contributed by atoms with E-state index in [4.69, 9.17) is 18.9 Å². The van der Waals surface area contributed by atoms with Crippen molar-refractivity contribution < 1.29 is 18.9 Å². The number of rotatable bonds is 9. The molecule has 1 aromatic heterocycles. The highest BCUT2D eigenvalue weighted by Crippen LogP contribution is 2.38. The third-order valence-electron chi connectivity index (χ3n) is 5.30. The number of piperazine rings is 1. The highest BCUT2D eigenvalue weighted by atomic mass is 127. The fourth-order valence-electron chi connectivity index (χ4n) is 3.70. The van der Waals surface area contributed by atoms with Crippen LogP contribution < -0.4 is 24.3 Å². The van der Waals surface area contributed by atoms with Gasteiger partial charge in [0.1, 0.15) is 12.4 Å². The normalized spacial score (nSPS) is 14.3. The van der Waals surface area contributed by atoms with E-state index >= 15 is 0 Å². The van der Waals surface area contributed by atoms with Crippen LogP contribution in [0.2, 0.25) is 0 Å². The van der Waals surface area contributed by atoms with E-state index in [1.807, 2.05) is 31.3 Å². The molecule has 1 saturated heterocycles. The summed E-state index contributed by atoms with van der Waals surface area (Å²) in [4.78, 5) is 13.2. The summed E-state index contributed by atoms with van der Waals surface area (Å²) in [6, 6.07) is 7.78. The summed E-state index contributed by atoms with van der Waals surface area (Å²) >= 11 is 0. The molecule has 1 aromatic carbocycles. The molecule has 0 unspecified atom stereocenters. The van der Waals surface area contributed by atoms with Gasteiger partial charge in [-0.3, -0.25) is 14.9 Å². The van der Waals surface area contributed by atoms with Crippen LogP contribution >= 0.6 is 24.0 Å². The monoisotopic (exact) mass is 571 g/mol. The number of halogens is 1. The van der Waals surface area contributed by atoms with E-state index in [1.54, 1.807) is 33.7 Å². The SMILES string of the molecule is CN=C(NCCOc1cccnc1)N1CCN(Cc2cc(OC)c(OC)c(OC)c2)CC1.I. The lowest BCUT2D eigenvalue weighted by molar-refractivity contribution is 0.171. The van der Waals surface area contributed by atoms with Crippen molar-refractivity contribution in [3.05, 3.63) is 42.2 Å². The molecule has 0 saturated carbocycles. The number of nitrogens with zero attached hydrogens (tertiary/aromatic N) is 4. The number of aliphatic imine (C=N–C) groups is 1. The number of nitrogens with one attached hydrogen (secondary N) is 1. The van der Waals surface area contributed by atoms with Gasteiger partial charge in [0.05, 0.1) is 34.1 Å². The Morgan fingerprint density at radius 2 is 1.76 bits per heavy atom. The number of methoxy groups -OCH3 is 3. The standard InChI is InChI=1S/C23H33N5O4.HI/c1-24-23(26-8-13-32-19-6-5-7-25-16-19)28-11-9-27(10-12-28)17-18-14-20(29-2)22(31-4)21(15-18)30-3;/h5-7,14-16H,8-13,17H2,1-4H3,(H,24,26);1H. The van der Waals surface area contributed by atoms with Crippen molar-refractivity contribution in [1.82, 2.24) is 20.1 Å². The van der Waals surface area contributed by atoms with Crippen molar-refractivity contribution in [1.29, 1.82) is 0 Å². The summed E-state index contributed by atoms with van der Waals surface area (Å²) < 4.78 is 22.1. The predicted octanol–water partition coefficient (Wildman–Crippen LogP) is 2.50. The van der Waals surface area contributed by atoms with Crippen molar-refractivity contribution >= 4 is 29.9 Å². The Balaban J connectivity index is 0.00000385. The maximum atomic E-state index is 5.69. The number of hydrogen-bond donors (Lipinski definition) is 1. The number of guanidine groups is 1. The number of aromatic nitrogens is 1. The Labute approximate surface area is 213 Å². The van der Waals surface area contributed by atoms with Crippen LogP contribution in [-0.2, 0) is 6.54 Å². The molecule has 1 fully saturated rings. The molecule has 1 aliphatic rings. The van der Waals surface area contributed by atoms with E-state index in [-0.39, 0.29) is 24.0 Å². The zero-order valence-corrected chi connectivity index (χ0v) is 22.1. The third-order valence-corrected chi connectivity index (χ3v) is 5.30. The summed E-state index contributed by atoms with van der Waals surface area (Å²) in [6.07, 6.45) is 3.44. The van der Waals surface area contributed by atoms with Gasteiger partial charge in [0.2, 0.25) is 5.75 Å². The van der Waals surface area contributed by atoms with Crippen LogP contribution in [0.1, 0.15) is 5.56 Å². The molecular formula is C23H34IN5O4. The first-order valence-corrected chi connectivity index (χ1v) is 10.7. The molecular weight excluding hydrogens is 537 g/mol.